The van der Waals surface area contributed by atoms with Crippen molar-refractivity contribution in [2.45, 2.75) is 0 Å². The summed E-state index contributed by atoms with van der Waals surface area (Å²) in [6.07, 6.45) is 1.18. The van der Waals surface area contributed by atoms with Crippen LogP contribution in [-0.4, -0.2) is 34.6 Å². The Morgan fingerprint density at radius 2 is 1.92 bits per heavy atom. The quantitative estimate of drug-likeness (QED) is 0.372. The first kappa shape index (κ1) is 19.1. The van der Waals surface area contributed by atoms with Gasteiger partial charge in [-0.2, -0.15) is 5.10 Å². The lowest BCUT2D eigenvalue weighted by Gasteiger charge is -2.04. The highest BCUT2D eigenvalue weighted by Gasteiger charge is 2.12. The van der Waals surface area contributed by atoms with Gasteiger partial charge in [-0.1, -0.05) is 15.9 Å². The number of aromatic hydroxyl groups is 1. The molecule has 3 N–H and O–H groups in total. The van der Waals surface area contributed by atoms with E-state index in [0.29, 0.717) is 11.1 Å². The molecular weight excluding hydrogens is 408 g/mol. The number of rotatable bonds is 6. The predicted molar refractivity (Wildman–Crippen MR) is 97.0 cm³/mol. The van der Waals surface area contributed by atoms with Crippen molar-refractivity contribution < 1.29 is 19.6 Å². The van der Waals surface area contributed by atoms with Gasteiger partial charge < -0.3 is 10.4 Å². The number of amides is 2. The van der Waals surface area contributed by atoms with E-state index in [1.165, 1.54) is 12.3 Å². The fourth-order valence-corrected chi connectivity index (χ4v) is 2.11. The zero-order chi connectivity index (χ0) is 19.1. The largest absolute Gasteiger partial charge is 0.502 e. The molecule has 0 fully saturated rings. The molecule has 9 nitrogen and oxygen atoms in total. The highest BCUT2D eigenvalue weighted by atomic mass is 79.9. The number of hydrazone groups is 1. The molecule has 0 bridgehead atoms. The maximum atomic E-state index is 11.9. The Hall–Kier alpha value is -3.27. The standard InChI is InChI=1S/C16H13BrN4O5/c17-12-4-2-11(3-5-12)16(24)18-9-15(23)20-19-8-10-1-6-14(22)13(7-10)21(25)26/h1-8,22H,9H2,(H,18,24)(H,20,23)/b19-8+. The molecule has 10 heteroatoms. The molecule has 2 amide bonds. The van der Waals surface area contributed by atoms with Gasteiger partial charge in [0.1, 0.15) is 0 Å². The highest BCUT2D eigenvalue weighted by molar-refractivity contribution is 9.10. The Kier molecular flexibility index (Phi) is 6.39. The van der Waals surface area contributed by atoms with E-state index in [-0.39, 0.29) is 6.54 Å². The van der Waals surface area contributed by atoms with Crippen LogP contribution in [0, 0.1) is 10.1 Å². The Labute approximate surface area is 156 Å². The van der Waals surface area contributed by atoms with Crippen molar-refractivity contribution in [2.75, 3.05) is 6.54 Å². The number of carbonyl (C=O) groups is 2. The summed E-state index contributed by atoms with van der Waals surface area (Å²) in [4.78, 5) is 33.5. The van der Waals surface area contributed by atoms with Crippen LogP contribution in [0.2, 0.25) is 0 Å². The fraction of sp³-hybridized carbons (Fsp3) is 0.0625. The molecule has 0 saturated carbocycles. The van der Waals surface area contributed by atoms with Crippen LogP contribution in [0.5, 0.6) is 5.75 Å². The van der Waals surface area contributed by atoms with Crippen molar-refractivity contribution in [3.05, 3.63) is 68.2 Å². The van der Waals surface area contributed by atoms with Crippen LogP contribution in [-0.2, 0) is 4.79 Å². The molecule has 0 aliphatic rings. The summed E-state index contributed by atoms with van der Waals surface area (Å²) in [7, 11) is 0. The number of hydrogen-bond donors (Lipinski definition) is 3. The summed E-state index contributed by atoms with van der Waals surface area (Å²) in [5, 5.41) is 26.2. The van der Waals surface area contributed by atoms with Crippen molar-refractivity contribution in [2.24, 2.45) is 5.10 Å². The van der Waals surface area contributed by atoms with E-state index < -0.39 is 28.2 Å². The van der Waals surface area contributed by atoms with Crippen molar-refractivity contribution in [3.8, 4) is 5.75 Å². The van der Waals surface area contributed by atoms with Gasteiger partial charge in [0.2, 0.25) is 0 Å². The lowest BCUT2D eigenvalue weighted by molar-refractivity contribution is -0.385. The minimum absolute atomic E-state index is 0.290. The second kappa shape index (κ2) is 8.72. The van der Waals surface area contributed by atoms with E-state index in [0.717, 1.165) is 16.6 Å². The van der Waals surface area contributed by atoms with E-state index >= 15 is 0 Å². The molecule has 0 unspecified atom stereocenters. The van der Waals surface area contributed by atoms with Crippen LogP contribution in [0.4, 0.5) is 5.69 Å². The second-order valence-corrected chi connectivity index (χ2v) is 5.90. The number of phenols is 1. The number of phenolic OH excluding ortho intramolecular Hbond substituents is 1. The Morgan fingerprint density at radius 3 is 2.58 bits per heavy atom. The maximum Gasteiger partial charge on any atom is 0.311 e. The van der Waals surface area contributed by atoms with Crippen LogP contribution in [0.1, 0.15) is 15.9 Å². The van der Waals surface area contributed by atoms with E-state index in [2.05, 4.69) is 31.8 Å². The zero-order valence-corrected chi connectivity index (χ0v) is 14.8. The van der Waals surface area contributed by atoms with Gasteiger partial charge in [-0.25, -0.2) is 5.43 Å². The summed E-state index contributed by atoms with van der Waals surface area (Å²) in [6.45, 7) is -0.290. The third-order valence-electron chi connectivity index (χ3n) is 3.11. The first-order valence-corrected chi connectivity index (χ1v) is 7.99. The molecule has 26 heavy (non-hydrogen) atoms. The van der Waals surface area contributed by atoms with Gasteiger partial charge in [-0.3, -0.25) is 19.7 Å². The maximum absolute atomic E-state index is 11.9. The van der Waals surface area contributed by atoms with Crippen molar-refractivity contribution in [1.29, 1.82) is 0 Å². The van der Waals surface area contributed by atoms with E-state index in [1.54, 1.807) is 24.3 Å². The third kappa shape index (κ3) is 5.38. The number of nitro benzene ring substituents is 1. The molecule has 2 aromatic rings. The van der Waals surface area contributed by atoms with Crippen LogP contribution >= 0.6 is 15.9 Å². The molecule has 0 aliphatic carbocycles. The van der Waals surface area contributed by atoms with Crippen molar-refractivity contribution >= 4 is 39.6 Å². The van der Waals surface area contributed by atoms with Gasteiger partial charge in [-0.05, 0) is 36.4 Å². The SMILES string of the molecule is O=C(CNC(=O)c1ccc(Br)cc1)N/N=C/c1ccc(O)c([N+](=O)[O-])c1. The molecule has 2 aromatic carbocycles. The van der Waals surface area contributed by atoms with Crippen LogP contribution in [0.25, 0.3) is 0 Å². The number of halogens is 1. The molecule has 0 aromatic heterocycles. The number of carbonyl (C=O) groups excluding carboxylic acids is 2. The molecule has 0 heterocycles. The average Bonchev–Trinajstić information content (AvgIpc) is 2.61. The second-order valence-electron chi connectivity index (χ2n) is 4.99. The molecule has 0 radical (unpaired) electrons. The summed E-state index contributed by atoms with van der Waals surface area (Å²) in [6, 6.07) is 10.3. The molecule has 0 atom stereocenters. The van der Waals surface area contributed by atoms with Crippen LogP contribution in [0.3, 0.4) is 0 Å². The predicted octanol–water partition coefficient (Wildman–Crippen LogP) is 1.94. The molecule has 2 rings (SSSR count). The van der Waals surface area contributed by atoms with Gasteiger partial charge in [0.05, 0.1) is 17.7 Å². The number of nitrogens with one attached hydrogen (secondary N) is 2. The van der Waals surface area contributed by atoms with Gasteiger partial charge in [0.15, 0.2) is 5.75 Å². The molecular formula is C16H13BrN4O5. The fourth-order valence-electron chi connectivity index (χ4n) is 1.85. The van der Waals surface area contributed by atoms with Crippen LogP contribution in [0.15, 0.2) is 52.0 Å². The van der Waals surface area contributed by atoms with Gasteiger partial charge >= 0.3 is 5.69 Å². The van der Waals surface area contributed by atoms with Crippen molar-refractivity contribution in [3.63, 3.8) is 0 Å². The topological polar surface area (TPSA) is 134 Å². The summed E-state index contributed by atoms with van der Waals surface area (Å²) >= 11 is 3.26. The first-order valence-electron chi connectivity index (χ1n) is 7.20. The van der Waals surface area contributed by atoms with E-state index in [1.807, 2.05) is 0 Å². The Bertz CT molecular complexity index is 867. The minimum atomic E-state index is -0.733. The average molecular weight is 421 g/mol. The number of hydrogen-bond acceptors (Lipinski definition) is 6. The molecule has 134 valence electrons. The third-order valence-corrected chi connectivity index (χ3v) is 3.64. The number of nitrogens with zero attached hydrogens (tertiary/aromatic N) is 2. The number of benzene rings is 2. The number of nitro groups is 1. The summed E-state index contributed by atoms with van der Waals surface area (Å²) in [5.41, 5.74) is 2.43. The van der Waals surface area contributed by atoms with E-state index in [4.69, 9.17) is 0 Å². The lowest BCUT2D eigenvalue weighted by atomic mass is 10.2. The Morgan fingerprint density at radius 1 is 1.23 bits per heavy atom. The summed E-state index contributed by atoms with van der Waals surface area (Å²) < 4.78 is 0.829. The Balaban J connectivity index is 1.85. The minimum Gasteiger partial charge on any atom is -0.502 e. The van der Waals surface area contributed by atoms with E-state index in [9.17, 15) is 24.8 Å². The normalized spacial score (nSPS) is 10.5. The first-order chi connectivity index (χ1) is 12.4. The summed E-state index contributed by atoms with van der Waals surface area (Å²) in [5.74, 6) is -1.45. The van der Waals surface area contributed by atoms with Gasteiger partial charge in [-0.15, -0.1) is 0 Å². The molecule has 0 aliphatic heterocycles. The lowest BCUT2D eigenvalue weighted by Crippen LogP contribution is -2.34. The van der Waals surface area contributed by atoms with Gasteiger partial charge in [0.25, 0.3) is 11.8 Å². The van der Waals surface area contributed by atoms with Crippen molar-refractivity contribution in [1.82, 2.24) is 10.7 Å². The molecule has 0 spiro atoms. The monoisotopic (exact) mass is 420 g/mol. The van der Waals surface area contributed by atoms with Crippen LogP contribution < -0.4 is 10.7 Å². The smallest absolute Gasteiger partial charge is 0.311 e. The highest BCUT2D eigenvalue weighted by Crippen LogP contribution is 2.25. The molecule has 0 saturated heterocycles. The van der Waals surface area contributed by atoms with Gasteiger partial charge in [0, 0.05) is 21.7 Å². The zero-order valence-electron chi connectivity index (χ0n) is 13.2.